The maximum Gasteiger partial charge on any atom is 0.310 e. The van der Waals surface area contributed by atoms with Crippen molar-refractivity contribution < 1.29 is 14.3 Å². The van der Waals surface area contributed by atoms with E-state index >= 15 is 0 Å². The predicted molar refractivity (Wildman–Crippen MR) is 94.7 cm³/mol. The number of nitrogens with zero attached hydrogens (tertiary/aromatic N) is 1. The van der Waals surface area contributed by atoms with Crippen LogP contribution in [-0.2, 0) is 20.7 Å². The average molecular weight is 347 g/mol. The van der Waals surface area contributed by atoms with E-state index in [0.29, 0.717) is 10.8 Å². The summed E-state index contributed by atoms with van der Waals surface area (Å²) in [5.74, 6) is -0.876. The zero-order valence-corrected chi connectivity index (χ0v) is 14.7. The molecule has 24 heavy (non-hydrogen) atoms. The predicted octanol–water partition coefficient (Wildman–Crippen LogP) is 2.45. The lowest BCUT2D eigenvalue weighted by Crippen LogP contribution is -2.34. The van der Waals surface area contributed by atoms with Gasteiger partial charge in [0.1, 0.15) is 0 Å². The molecule has 0 radical (unpaired) electrons. The van der Waals surface area contributed by atoms with E-state index in [1.165, 1.54) is 18.4 Å². The van der Waals surface area contributed by atoms with Crippen molar-refractivity contribution in [1.29, 1.82) is 0 Å². The van der Waals surface area contributed by atoms with Crippen LogP contribution in [0.25, 0.3) is 11.3 Å². The number of nitrogens with one attached hydrogen (secondary N) is 1. The summed E-state index contributed by atoms with van der Waals surface area (Å²) in [7, 11) is 1.35. The van der Waals surface area contributed by atoms with E-state index in [0.717, 1.165) is 10.4 Å². The molecule has 1 amide bonds. The smallest absolute Gasteiger partial charge is 0.310 e. The zero-order chi connectivity index (χ0) is 17.7. The van der Waals surface area contributed by atoms with Crippen LogP contribution in [0.5, 0.6) is 0 Å². The zero-order valence-electron chi connectivity index (χ0n) is 13.9. The molecule has 0 saturated carbocycles. The van der Waals surface area contributed by atoms with Gasteiger partial charge in [0.15, 0.2) is 5.13 Å². The summed E-state index contributed by atoms with van der Waals surface area (Å²) in [6, 6.07) is 9.26. The van der Waals surface area contributed by atoms with Crippen molar-refractivity contribution in [3.8, 4) is 11.3 Å². The van der Waals surface area contributed by atoms with Gasteiger partial charge < -0.3 is 15.8 Å². The highest BCUT2D eigenvalue weighted by molar-refractivity contribution is 7.16. The summed E-state index contributed by atoms with van der Waals surface area (Å²) in [6.07, 6.45) is 0.108. The number of esters is 1. The molecule has 0 saturated heterocycles. The lowest BCUT2D eigenvalue weighted by Gasteiger charge is -2.13. The van der Waals surface area contributed by atoms with Crippen LogP contribution in [0.2, 0.25) is 0 Å². The van der Waals surface area contributed by atoms with Crippen LogP contribution in [0.4, 0.5) is 5.13 Å². The van der Waals surface area contributed by atoms with Crippen LogP contribution in [0.3, 0.4) is 0 Å². The Labute approximate surface area is 145 Å². The molecule has 0 fully saturated rings. The highest BCUT2D eigenvalue weighted by Crippen LogP contribution is 2.32. The summed E-state index contributed by atoms with van der Waals surface area (Å²) >= 11 is 1.27. The number of hydrogen-bond acceptors (Lipinski definition) is 6. The van der Waals surface area contributed by atoms with E-state index in [4.69, 9.17) is 10.5 Å². The Hall–Kier alpha value is -2.25. The molecule has 0 bridgehead atoms. The van der Waals surface area contributed by atoms with Gasteiger partial charge in [0, 0.05) is 16.5 Å². The van der Waals surface area contributed by atoms with Crippen molar-refractivity contribution in [2.75, 3.05) is 12.4 Å². The van der Waals surface area contributed by atoms with E-state index in [2.05, 4.69) is 10.3 Å². The second-order valence-electron chi connectivity index (χ2n) is 5.55. The van der Waals surface area contributed by atoms with Crippen molar-refractivity contribution in [2.45, 2.75) is 26.3 Å². The Morgan fingerprint density at radius 2 is 1.96 bits per heavy atom. The van der Waals surface area contributed by atoms with Gasteiger partial charge in [0.25, 0.3) is 0 Å². The maximum atomic E-state index is 12.2. The molecule has 1 heterocycles. The average Bonchev–Trinajstić information content (AvgIpc) is 2.96. The molecule has 2 unspecified atom stereocenters. The minimum Gasteiger partial charge on any atom is -0.469 e. The molecule has 128 valence electrons. The van der Waals surface area contributed by atoms with Crippen LogP contribution >= 0.6 is 11.3 Å². The largest absolute Gasteiger partial charge is 0.469 e. The molecular formula is C17H21N3O3S. The molecule has 0 aliphatic heterocycles. The number of methoxy groups -OCH3 is 1. The Morgan fingerprint density at radius 1 is 1.29 bits per heavy atom. The Balaban J connectivity index is 2.31. The molecule has 0 aliphatic rings. The molecule has 6 nitrogen and oxygen atoms in total. The number of carbonyl (C=O) groups is 2. The molecular weight excluding hydrogens is 326 g/mol. The van der Waals surface area contributed by atoms with Crippen LogP contribution < -0.4 is 11.1 Å². The van der Waals surface area contributed by atoms with Gasteiger partial charge in [-0.05, 0) is 6.92 Å². The summed E-state index contributed by atoms with van der Waals surface area (Å²) in [5.41, 5.74) is 7.32. The quantitative estimate of drug-likeness (QED) is 0.783. The standard InChI is InChI=1S/C17H21N3O3S/c1-10(11(2)18)16(22)20-17-19-15(12-7-5-4-6-8-12)13(24-17)9-14(21)23-3/h4-8,10-11H,9,18H2,1-3H3,(H,19,20,22). The maximum absolute atomic E-state index is 12.2. The van der Waals surface area contributed by atoms with Gasteiger partial charge in [-0.25, -0.2) is 4.98 Å². The van der Waals surface area contributed by atoms with E-state index < -0.39 is 0 Å². The van der Waals surface area contributed by atoms with Crippen molar-refractivity contribution in [3.63, 3.8) is 0 Å². The third kappa shape index (κ3) is 4.39. The van der Waals surface area contributed by atoms with Crippen molar-refractivity contribution in [2.24, 2.45) is 11.7 Å². The summed E-state index contributed by atoms with van der Waals surface area (Å²) in [6.45, 7) is 3.55. The van der Waals surface area contributed by atoms with E-state index in [9.17, 15) is 9.59 Å². The Kier molecular flexibility index (Phi) is 6.05. The Bertz CT molecular complexity index is 713. The van der Waals surface area contributed by atoms with Gasteiger partial charge in [-0.2, -0.15) is 0 Å². The lowest BCUT2D eigenvalue weighted by atomic mass is 10.0. The molecule has 0 aliphatic carbocycles. The molecule has 2 rings (SSSR count). The van der Waals surface area contributed by atoms with Crippen LogP contribution in [0.1, 0.15) is 18.7 Å². The summed E-state index contributed by atoms with van der Waals surface area (Å²) in [5, 5.41) is 3.23. The molecule has 1 aromatic carbocycles. The number of carbonyl (C=O) groups excluding carboxylic acids is 2. The minimum atomic E-state index is -0.349. The van der Waals surface area contributed by atoms with E-state index in [1.807, 2.05) is 30.3 Å². The highest BCUT2D eigenvalue weighted by Gasteiger charge is 2.21. The van der Waals surface area contributed by atoms with Gasteiger partial charge >= 0.3 is 5.97 Å². The fraction of sp³-hybridized carbons (Fsp3) is 0.353. The highest BCUT2D eigenvalue weighted by atomic mass is 32.1. The van der Waals surface area contributed by atoms with Crippen molar-refractivity contribution in [1.82, 2.24) is 4.98 Å². The van der Waals surface area contributed by atoms with Gasteiger partial charge in [0.2, 0.25) is 5.91 Å². The number of thiazole rings is 1. The fourth-order valence-corrected chi connectivity index (χ4v) is 2.98. The summed E-state index contributed by atoms with van der Waals surface area (Å²) < 4.78 is 4.74. The first-order chi connectivity index (χ1) is 11.4. The van der Waals surface area contributed by atoms with Gasteiger partial charge in [-0.15, -0.1) is 11.3 Å². The second kappa shape index (κ2) is 8.03. The molecule has 7 heteroatoms. The third-order valence-electron chi connectivity index (χ3n) is 3.71. The monoisotopic (exact) mass is 347 g/mol. The van der Waals surface area contributed by atoms with E-state index in [-0.39, 0.29) is 30.3 Å². The van der Waals surface area contributed by atoms with Crippen LogP contribution in [0, 0.1) is 5.92 Å². The number of ether oxygens (including phenoxy) is 1. The van der Waals surface area contributed by atoms with E-state index in [1.54, 1.807) is 13.8 Å². The second-order valence-corrected chi connectivity index (χ2v) is 6.63. The lowest BCUT2D eigenvalue weighted by molar-refractivity contribution is -0.139. The SMILES string of the molecule is COC(=O)Cc1sc(NC(=O)C(C)C(C)N)nc1-c1ccccc1. The Morgan fingerprint density at radius 3 is 2.54 bits per heavy atom. The fourth-order valence-electron chi connectivity index (χ4n) is 2.01. The van der Waals surface area contributed by atoms with Gasteiger partial charge in [0.05, 0.1) is 25.1 Å². The molecule has 3 N–H and O–H groups in total. The normalized spacial score (nSPS) is 13.2. The topological polar surface area (TPSA) is 94.3 Å². The molecule has 1 aromatic heterocycles. The number of aromatic nitrogens is 1. The summed E-state index contributed by atoms with van der Waals surface area (Å²) in [4.78, 5) is 29.1. The minimum absolute atomic E-state index is 0.108. The van der Waals surface area contributed by atoms with Gasteiger partial charge in [-0.3, -0.25) is 9.59 Å². The molecule has 0 spiro atoms. The number of rotatable bonds is 6. The first kappa shape index (κ1) is 18.1. The number of anilines is 1. The first-order valence-corrected chi connectivity index (χ1v) is 8.42. The van der Waals surface area contributed by atoms with Crippen LogP contribution in [-0.4, -0.2) is 30.0 Å². The number of amides is 1. The third-order valence-corrected chi connectivity index (χ3v) is 4.68. The number of hydrogen-bond donors (Lipinski definition) is 2. The first-order valence-electron chi connectivity index (χ1n) is 7.60. The molecule has 2 aromatic rings. The van der Waals surface area contributed by atoms with Crippen LogP contribution in [0.15, 0.2) is 30.3 Å². The number of benzene rings is 1. The molecule has 2 atom stereocenters. The van der Waals surface area contributed by atoms with Crippen molar-refractivity contribution in [3.05, 3.63) is 35.2 Å². The number of nitrogens with two attached hydrogens (primary N) is 1. The van der Waals surface area contributed by atoms with Crippen molar-refractivity contribution >= 4 is 28.3 Å². The van der Waals surface area contributed by atoms with Gasteiger partial charge in [-0.1, -0.05) is 37.3 Å².